The number of anilines is 1. The lowest BCUT2D eigenvalue weighted by Crippen LogP contribution is -2.14. The van der Waals surface area contributed by atoms with E-state index in [1.54, 1.807) is 0 Å². The molecule has 0 amide bonds. The van der Waals surface area contributed by atoms with Gasteiger partial charge >= 0.3 is 0 Å². The van der Waals surface area contributed by atoms with Crippen molar-refractivity contribution in [1.29, 1.82) is 0 Å². The lowest BCUT2D eigenvalue weighted by Gasteiger charge is -2.21. The Kier molecular flexibility index (Phi) is 2.86. The summed E-state index contributed by atoms with van der Waals surface area (Å²) >= 11 is 0. The van der Waals surface area contributed by atoms with E-state index in [1.165, 1.54) is 5.56 Å². The van der Waals surface area contributed by atoms with Crippen molar-refractivity contribution in [2.24, 2.45) is 0 Å². The highest BCUT2D eigenvalue weighted by molar-refractivity contribution is 5.61. The van der Waals surface area contributed by atoms with Crippen LogP contribution in [0, 0.1) is 11.8 Å². The SMILES string of the molecule is CC#Cc1c(N)cccc1C(C)(C)C. The van der Waals surface area contributed by atoms with E-state index in [-0.39, 0.29) is 5.41 Å². The van der Waals surface area contributed by atoms with Crippen molar-refractivity contribution in [3.63, 3.8) is 0 Å². The Balaban J connectivity index is 3.41. The molecule has 1 aromatic carbocycles. The minimum Gasteiger partial charge on any atom is -0.398 e. The number of nitrogens with two attached hydrogens (primary N) is 1. The Morgan fingerprint density at radius 3 is 2.36 bits per heavy atom. The molecular weight excluding hydrogens is 170 g/mol. The van der Waals surface area contributed by atoms with Crippen molar-refractivity contribution >= 4 is 5.69 Å². The van der Waals surface area contributed by atoms with Crippen LogP contribution in [0.25, 0.3) is 0 Å². The van der Waals surface area contributed by atoms with Crippen LogP contribution in [0.1, 0.15) is 38.8 Å². The number of benzene rings is 1. The highest BCUT2D eigenvalue weighted by Crippen LogP contribution is 2.28. The lowest BCUT2D eigenvalue weighted by molar-refractivity contribution is 0.589. The zero-order valence-electron chi connectivity index (χ0n) is 9.31. The molecule has 1 rings (SSSR count). The molecule has 1 aromatic rings. The quantitative estimate of drug-likeness (QED) is 0.490. The molecule has 14 heavy (non-hydrogen) atoms. The maximum Gasteiger partial charge on any atom is 0.0512 e. The van der Waals surface area contributed by atoms with Gasteiger partial charge in [-0.3, -0.25) is 0 Å². The van der Waals surface area contributed by atoms with Crippen LogP contribution in [0.15, 0.2) is 18.2 Å². The summed E-state index contributed by atoms with van der Waals surface area (Å²) in [6, 6.07) is 5.97. The molecule has 0 bridgehead atoms. The molecule has 2 N–H and O–H groups in total. The monoisotopic (exact) mass is 187 g/mol. The van der Waals surface area contributed by atoms with Gasteiger partial charge in [0.2, 0.25) is 0 Å². The molecule has 0 aliphatic heterocycles. The summed E-state index contributed by atoms with van der Waals surface area (Å²) in [6.07, 6.45) is 0. The molecule has 0 fully saturated rings. The third-order valence-corrected chi connectivity index (χ3v) is 2.15. The van der Waals surface area contributed by atoms with Gasteiger partial charge in [-0.05, 0) is 24.0 Å². The van der Waals surface area contributed by atoms with E-state index in [1.807, 2.05) is 19.1 Å². The standard InChI is InChI=1S/C13H17N/c1-5-7-10-11(13(2,3)4)8-6-9-12(10)14/h6,8-9H,14H2,1-4H3. The second-order valence-electron chi connectivity index (χ2n) is 4.39. The van der Waals surface area contributed by atoms with Crippen molar-refractivity contribution in [1.82, 2.24) is 0 Å². The third-order valence-electron chi connectivity index (χ3n) is 2.15. The van der Waals surface area contributed by atoms with Gasteiger partial charge in [-0.25, -0.2) is 0 Å². The summed E-state index contributed by atoms with van der Waals surface area (Å²) in [7, 11) is 0. The molecule has 1 heteroatoms. The van der Waals surface area contributed by atoms with Gasteiger partial charge in [-0.15, -0.1) is 5.92 Å². The van der Waals surface area contributed by atoms with Crippen LogP contribution in [-0.2, 0) is 5.41 Å². The smallest absolute Gasteiger partial charge is 0.0512 e. The minimum absolute atomic E-state index is 0.0918. The fraction of sp³-hybridized carbons (Fsp3) is 0.385. The lowest BCUT2D eigenvalue weighted by atomic mass is 9.83. The zero-order chi connectivity index (χ0) is 10.8. The van der Waals surface area contributed by atoms with E-state index in [9.17, 15) is 0 Å². The molecule has 0 spiro atoms. The van der Waals surface area contributed by atoms with Gasteiger partial charge in [0, 0.05) is 5.69 Å². The molecule has 0 saturated carbocycles. The van der Waals surface area contributed by atoms with E-state index < -0.39 is 0 Å². The number of hydrogen-bond acceptors (Lipinski definition) is 1. The topological polar surface area (TPSA) is 26.0 Å². The first-order chi connectivity index (χ1) is 6.46. The van der Waals surface area contributed by atoms with Crippen molar-refractivity contribution in [3.8, 4) is 11.8 Å². The summed E-state index contributed by atoms with van der Waals surface area (Å²) in [5.41, 5.74) is 8.95. The molecular formula is C13H17N. The summed E-state index contributed by atoms with van der Waals surface area (Å²) < 4.78 is 0. The maximum absolute atomic E-state index is 5.90. The normalized spacial score (nSPS) is 10.6. The fourth-order valence-electron chi connectivity index (χ4n) is 1.46. The van der Waals surface area contributed by atoms with Crippen LogP contribution in [0.4, 0.5) is 5.69 Å². The summed E-state index contributed by atoms with van der Waals surface area (Å²) in [6.45, 7) is 8.34. The van der Waals surface area contributed by atoms with Crippen LogP contribution in [0.3, 0.4) is 0 Å². The van der Waals surface area contributed by atoms with Gasteiger partial charge in [-0.2, -0.15) is 0 Å². The van der Waals surface area contributed by atoms with Crippen molar-refractivity contribution in [3.05, 3.63) is 29.3 Å². The predicted molar refractivity (Wildman–Crippen MR) is 62.1 cm³/mol. The van der Waals surface area contributed by atoms with Gasteiger partial charge in [0.1, 0.15) is 0 Å². The van der Waals surface area contributed by atoms with Crippen molar-refractivity contribution < 1.29 is 0 Å². The summed E-state index contributed by atoms with van der Waals surface area (Å²) in [5.74, 6) is 5.98. The Morgan fingerprint density at radius 1 is 1.21 bits per heavy atom. The molecule has 0 radical (unpaired) electrons. The molecule has 0 unspecified atom stereocenters. The van der Waals surface area contributed by atoms with Gasteiger partial charge in [0.05, 0.1) is 5.56 Å². The zero-order valence-corrected chi connectivity index (χ0v) is 9.31. The first kappa shape index (κ1) is 10.7. The largest absolute Gasteiger partial charge is 0.398 e. The van der Waals surface area contributed by atoms with E-state index in [0.29, 0.717) is 0 Å². The highest BCUT2D eigenvalue weighted by Gasteiger charge is 2.17. The predicted octanol–water partition coefficient (Wildman–Crippen LogP) is 2.94. The van der Waals surface area contributed by atoms with E-state index in [2.05, 4.69) is 38.7 Å². The highest BCUT2D eigenvalue weighted by atomic mass is 14.6. The van der Waals surface area contributed by atoms with Crippen LogP contribution in [0.5, 0.6) is 0 Å². The molecule has 0 saturated heterocycles. The average molecular weight is 187 g/mol. The molecule has 0 heterocycles. The third kappa shape index (κ3) is 2.09. The van der Waals surface area contributed by atoms with E-state index in [0.717, 1.165) is 11.3 Å². The first-order valence-electron chi connectivity index (χ1n) is 4.78. The van der Waals surface area contributed by atoms with Gasteiger partial charge in [0.15, 0.2) is 0 Å². The Labute approximate surface area is 86.3 Å². The van der Waals surface area contributed by atoms with Crippen LogP contribution >= 0.6 is 0 Å². The molecule has 0 aliphatic rings. The number of nitrogen functional groups attached to an aromatic ring is 1. The molecule has 0 atom stereocenters. The second-order valence-corrected chi connectivity index (χ2v) is 4.39. The van der Waals surface area contributed by atoms with Gasteiger partial charge in [-0.1, -0.05) is 38.8 Å². The van der Waals surface area contributed by atoms with Crippen molar-refractivity contribution in [2.75, 3.05) is 5.73 Å². The molecule has 0 aromatic heterocycles. The molecule has 1 nitrogen and oxygen atoms in total. The summed E-state index contributed by atoms with van der Waals surface area (Å²) in [4.78, 5) is 0. The van der Waals surface area contributed by atoms with E-state index >= 15 is 0 Å². The van der Waals surface area contributed by atoms with E-state index in [4.69, 9.17) is 5.73 Å². The Morgan fingerprint density at radius 2 is 1.86 bits per heavy atom. The number of rotatable bonds is 0. The van der Waals surface area contributed by atoms with Crippen LogP contribution < -0.4 is 5.73 Å². The molecule has 74 valence electrons. The van der Waals surface area contributed by atoms with Crippen LogP contribution in [0.2, 0.25) is 0 Å². The molecule has 0 aliphatic carbocycles. The maximum atomic E-state index is 5.90. The second kappa shape index (κ2) is 3.75. The van der Waals surface area contributed by atoms with Crippen molar-refractivity contribution in [2.45, 2.75) is 33.1 Å². The van der Waals surface area contributed by atoms with Gasteiger partial charge < -0.3 is 5.73 Å². The Hall–Kier alpha value is -1.42. The fourth-order valence-corrected chi connectivity index (χ4v) is 1.46. The Bertz CT molecular complexity index is 386. The first-order valence-corrected chi connectivity index (χ1v) is 4.78. The minimum atomic E-state index is 0.0918. The summed E-state index contributed by atoms with van der Waals surface area (Å²) in [5, 5.41) is 0. The van der Waals surface area contributed by atoms with Crippen LogP contribution in [-0.4, -0.2) is 0 Å². The average Bonchev–Trinajstić information content (AvgIpc) is 2.07. The number of hydrogen-bond donors (Lipinski definition) is 1. The van der Waals surface area contributed by atoms with Gasteiger partial charge in [0.25, 0.3) is 0 Å².